The van der Waals surface area contributed by atoms with Gasteiger partial charge >= 0.3 is 0 Å². The molecule has 2 N–H and O–H groups in total. The summed E-state index contributed by atoms with van der Waals surface area (Å²) >= 11 is 0. The first-order valence-electron chi connectivity index (χ1n) is 4.63. The molecule has 0 fully saturated rings. The summed E-state index contributed by atoms with van der Waals surface area (Å²) in [5.74, 6) is -2.86. The Morgan fingerprint density at radius 3 is 2.36 bits per heavy atom. The second kappa shape index (κ2) is 3.56. The molecular weight excluding hydrogens is 184 g/mol. The summed E-state index contributed by atoms with van der Waals surface area (Å²) in [6, 6.07) is 3.30. The first kappa shape index (κ1) is 11.0. The predicted octanol–water partition coefficient (Wildman–Crippen LogP) is 3.25. The molecule has 1 nitrogen and oxygen atoms in total. The largest absolute Gasteiger partial charge is 0.398 e. The summed E-state index contributed by atoms with van der Waals surface area (Å²) in [7, 11) is 0. The van der Waals surface area contributed by atoms with Crippen LogP contribution >= 0.6 is 0 Å². The minimum atomic E-state index is -2.86. The van der Waals surface area contributed by atoms with Crippen LogP contribution in [0.2, 0.25) is 0 Å². The van der Waals surface area contributed by atoms with E-state index in [0.29, 0.717) is 6.42 Å². The van der Waals surface area contributed by atoms with Gasteiger partial charge in [0.1, 0.15) is 0 Å². The minimum absolute atomic E-state index is 0.0608. The number of anilines is 1. The highest BCUT2D eigenvalue weighted by molar-refractivity contribution is 5.57. The van der Waals surface area contributed by atoms with E-state index < -0.39 is 5.92 Å². The fraction of sp³-hybridized carbons (Fsp3) is 0.455. The molecule has 3 heteroatoms. The smallest absolute Gasteiger partial charge is 0.272 e. The van der Waals surface area contributed by atoms with Gasteiger partial charge in [0, 0.05) is 18.2 Å². The third-order valence-electron chi connectivity index (χ3n) is 2.26. The summed E-state index contributed by atoms with van der Waals surface area (Å²) in [5.41, 5.74) is 7.46. The topological polar surface area (TPSA) is 26.0 Å². The van der Waals surface area contributed by atoms with Gasteiger partial charge in [-0.3, -0.25) is 0 Å². The van der Waals surface area contributed by atoms with Crippen LogP contribution in [0.25, 0.3) is 0 Å². The fourth-order valence-corrected chi connectivity index (χ4v) is 1.53. The maximum atomic E-state index is 13.1. The van der Waals surface area contributed by atoms with Gasteiger partial charge in [-0.1, -0.05) is 18.6 Å². The number of nitrogens with two attached hydrogens (primary N) is 1. The second-order valence-electron chi connectivity index (χ2n) is 3.63. The molecule has 1 aromatic rings. The zero-order valence-corrected chi connectivity index (χ0v) is 8.70. The zero-order valence-electron chi connectivity index (χ0n) is 8.70. The zero-order chi connectivity index (χ0) is 10.9. The SMILES string of the molecule is CCc1cc(C)cc(C(C)(F)F)c1N. The van der Waals surface area contributed by atoms with Gasteiger partial charge in [0.2, 0.25) is 0 Å². The van der Waals surface area contributed by atoms with Crippen LogP contribution in [-0.2, 0) is 12.3 Å². The van der Waals surface area contributed by atoms with E-state index in [4.69, 9.17) is 5.73 Å². The number of benzene rings is 1. The Balaban J connectivity index is 3.37. The minimum Gasteiger partial charge on any atom is -0.398 e. The van der Waals surface area contributed by atoms with Gasteiger partial charge < -0.3 is 5.73 Å². The molecule has 0 spiro atoms. The number of nitrogen functional groups attached to an aromatic ring is 1. The Kier molecular flexibility index (Phi) is 2.79. The number of aryl methyl sites for hydroxylation is 2. The highest BCUT2D eigenvalue weighted by Gasteiger charge is 2.27. The average molecular weight is 199 g/mol. The van der Waals surface area contributed by atoms with E-state index >= 15 is 0 Å². The number of hydrogen-bond donors (Lipinski definition) is 1. The van der Waals surface area contributed by atoms with Gasteiger partial charge in [-0.2, -0.15) is 0 Å². The standard InChI is InChI=1S/C11H15F2N/c1-4-8-5-7(2)6-9(10(8)14)11(3,12)13/h5-6H,4,14H2,1-3H3. The third kappa shape index (κ3) is 2.03. The van der Waals surface area contributed by atoms with E-state index in [9.17, 15) is 8.78 Å². The molecule has 0 atom stereocenters. The maximum absolute atomic E-state index is 13.1. The van der Waals surface area contributed by atoms with Crippen molar-refractivity contribution in [2.75, 3.05) is 5.73 Å². The first-order valence-corrected chi connectivity index (χ1v) is 4.63. The predicted molar refractivity (Wildman–Crippen MR) is 54.5 cm³/mol. The summed E-state index contributed by atoms with van der Waals surface area (Å²) in [6.07, 6.45) is 0.677. The lowest BCUT2D eigenvalue weighted by molar-refractivity contribution is 0.0182. The van der Waals surface area contributed by atoms with E-state index in [0.717, 1.165) is 18.1 Å². The maximum Gasteiger partial charge on any atom is 0.272 e. The number of alkyl halides is 2. The van der Waals surface area contributed by atoms with Crippen LogP contribution in [0.3, 0.4) is 0 Å². The van der Waals surface area contributed by atoms with Crippen molar-refractivity contribution in [3.63, 3.8) is 0 Å². The first-order chi connectivity index (χ1) is 6.36. The van der Waals surface area contributed by atoms with E-state index in [1.165, 1.54) is 6.07 Å². The Morgan fingerprint density at radius 2 is 1.93 bits per heavy atom. The summed E-state index contributed by atoms with van der Waals surface area (Å²) < 4.78 is 26.3. The van der Waals surface area contributed by atoms with Gasteiger partial charge in [0.15, 0.2) is 0 Å². The molecule has 0 saturated heterocycles. The van der Waals surface area contributed by atoms with Gasteiger partial charge in [-0.05, 0) is 25.0 Å². The molecule has 0 amide bonds. The molecule has 1 rings (SSSR count). The van der Waals surface area contributed by atoms with Crippen molar-refractivity contribution in [1.82, 2.24) is 0 Å². The molecule has 0 aliphatic heterocycles. The molecule has 0 heterocycles. The molecule has 1 aromatic carbocycles. The Bertz CT molecular complexity index is 340. The molecule has 0 aromatic heterocycles. The van der Waals surface area contributed by atoms with Crippen molar-refractivity contribution in [1.29, 1.82) is 0 Å². The van der Waals surface area contributed by atoms with Crippen molar-refractivity contribution < 1.29 is 8.78 Å². The molecule has 78 valence electrons. The Morgan fingerprint density at radius 1 is 1.36 bits per heavy atom. The highest BCUT2D eigenvalue weighted by atomic mass is 19.3. The lowest BCUT2D eigenvalue weighted by Gasteiger charge is -2.16. The summed E-state index contributed by atoms with van der Waals surface area (Å²) in [4.78, 5) is 0. The molecule has 14 heavy (non-hydrogen) atoms. The molecule has 0 bridgehead atoms. The van der Waals surface area contributed by atoms with Crippen molar-refractivity contribution in [3.8, 4) is 0 Å². The molecule has 0 unspecified atom stereocenters. The lowest BCUT2D eigenvalue weighted by Crippen LogP contribution is -2.12. The fourth-order valence-electron chi connectivity index (χ4n) is 1.53. The molecule has 0 saturated carbocycles. The van der Waals surface area contributed by atoms with Gasteiger partial charge in [0.05, 0.1) is 0 Å². The van der Waals surface area contributed by atoms with Gasteiger partial charge in [0.25, 0.3) is 5.92 Å². The van der Waals surface area contributed by atoms with Crippen molar-refractivity contribution in [3.05, 3.63) is 28.8 Å². The van der Waals surface area contributed by atoms with Crippen molar-refractivity contribution in [2.24, 2.45) is 0 Å². The van der Waals surface area contributed by atoms with Crippen LogP contribution in [0, 0.1) is 6.92 Å². The van der Waals surface area contributed by atoms with Crippen molar-refractivity contribution >= 4 is 5.69 Å². The van der Waals surface area contributed by atoms with Gasteiger partial charge in [-0.25, -0.2) is 8.78 Å². The number of hydrogen-bond acceptors (Lipinski definition) is 1. The normalized spacial score (nSPS) is 11.8. The van der Waals surface area contributed by atoms with Gasteiger partial charge in [-0.15, -0.1) is 0 Å². The average Bonchev–Trinajstić information content (AvgIpc) is 2.06. The summed E-state index contributed by atoms with van der Waals surface area (Å²) in [6.45, 7) is 4.58. The van der Waals surface area contributed by atoms with Crippen LogP contribution in [0.5, 0.6) is 0 Å². The van der Waals surface area contributed by atoms with E-state index in [1.807, 2.05) is 13.0 Å². The number of rotatable bonds is 2. The molecular formula is C11H15F2N. The molecule has 0 aliphatic rings. The monoisotopic (exact) mass is 199 g/mol. The molecule has 0 radical (unpaired) electrons. The highest BCUT2D eigenvalue weighted by Crippen LogP contribution is 2.34. The second-order valence-corrected chi connectivity index (χ2v) is 3.63. The summed E-state index contributed by atoms with van der Waals surface area (Å²) in [5, 5.41) is 0. The Hall–Kier alpha value is -1.12. The van der Waals surface area contributed by atoms with E-state index in [-0.39, 0.29) is 11.3 Å². The third-order valence-corrected chi connectivity index (χ3v) is 2.26. The Labute approximate surface area is 82.9 Å². The van der Waals surface area contributed by atoms with Crippen LogP contribution in [-0.4, -0.2) is 0 Å². The van der Waals surface area contributed by atoms with E-state index in [1.54, 1.807) is 6.92 Å². The van der Waals surface area contributed by atoms with Crippen LogP contribution in [0.1, 0.15) is 30.5 Å². The number of halogens is 2. The van der Waals surface area contributed by atoms with E-state index in [2.05, 4.69) is 0 Å². The van der Waals surface area contributed by atoms with Crippen LogP contribution in [0.15, 0.2) is 12.1 Å². The van der Waals surface area contributed by atoms with Crippen LogP contribution < -0.4 is 5.73 Å². The van der Waals surface area contributed by atoms with Crippen molar-refractivity contribution in [2.45, 2.75) is 33.1 Å². The lowest BCUT2D eigenvalue weighted by atomic mass is 9.98. The quantitative estimate of drug-likeness (QED) is 0.727. The van der Waals surface area contributed by atoms with Crippen LogP contribution in [0.4, 0.5) is 14.5 Å². The molecule has 0 aliphatic carbocycles.